The molecule has 0 fully saturated rings. The molecular formula is C16H14Ti+2. The van der Waals surface area contributed by atoms with Crippen molar-refractivity contribution in [3.05, 3.63) is 84.4 Å². The second-order valence-corrected chi connectivity index (χ2v) is 3.64. The van der Waals surface area contributed by atoms with E-state index < -0.39 is 0 Å². The van der Waals surface area contributed by atoms with Crippen molar-refractivity contribution in [2.24, 2.45) is 0 Å². The summed E-state index contributed by atoms with van der Waals surface area (Å²) >= 11 is 0. The van der Waals surface area contributed by atoms with E-state index in [1.807, 2.05) is 42.5 Å². The van der Waals surface area contributed by atoms with Crippen LogP contribution in [-0.4, -0.2) is 0 Å². The van der Waals surface area contributed by atoms with Crippen molar-refractivity contribution in [1.82, 2.24) is 0 Å². The Kier molecular flexibility index (Phi) is 5.69. The minimum Gasteiger partial charge on any atom is -0.0912 e. The summed E-state index contributed by atoms with van der Waals surface area (Å²) < 4.78 is 0. The second-order valence-electron chi connectivity index (χ2n) is 3.64. The van der Waals surface area contributed by atoms with Gasteiger partial charge in [-0.3, -0.25) is 0 Å². The standard InChI is InChI=1S/C16H14.Ti/c1-14(16-10-6-3-7-11-16)12-13-15-8-4-2-5-9-15;/h2-13H,1H2;/q;+2. The fraction of sp³-hybridized carbons (Fsp3) is 0. The van der Waals surface area contributed by atoms with Crippen LogP contribution in [0.5, 0.6) is 0 Å². The van der Waals surface area contributed by atoms with E-state index in [0.717, 1.165) is 11.1 Å². The summed E-state index contributed by atoms with van der Waals surface area (Å²) in [5.74, 6) is 0. The van der Waals surface area contributed by atoms with Gasteiger partial charge in [0.15, 0.2) is 0 Å². The molecule has 0 heterocycles. The summed E-state index contributed by atoms with van der Waals surface area (Å²) in [4.78, 5) is 0. The van der Waals surface area contributed by atoms with Crippen molar-refractivity contribution < 1.29 is 21.7 Å². The molecule has 0 radical (unpaired) electrons. The van der Waals surface area contributed by atoms with Gasteiger partial charge in [-0.1, -0.05) is 79.4 Å². The Morgan fingerprint density at radius 2 is 1.35 bits per heavy atom. The van der Waals surface area contributed by atoms with Gasteiger partial charge in [-0.25, -0.2) is 0 Å². The molecule has 0 spiro atoms. The molecule has 2 aromatic rings. The van der Waals surface area contributed by atoms with Crippen LogP contribution in [0.15, 0.2) is 73.3 Å². The summed E-state index contributed by atoms with van der Waals surface area (Å²) in [5, 5.41) is 0. The first-order chi connectivity index (χ1) is 7.86. The zero-order valence-corrected chi connectivity index (χ0v) is 11.2. The summed E-state index contributed by atoms with van der Waals surface area (Å²) in [6.45, 7) is 4.05. The van der Waals surface area contributed by atoms with Gasteiger partial charge in [0, 0.05) is 0 Å². The summed E-state index contributed by atoms with van der Waals surface area (Å²) in [7, 11) is 0. The van der Waals surface area contributed by atoms with Gasteiger partial charge in [0.05, 0.1) is 0 Å². The van der Waals surface area contributed by atoms with E-state index in [1.165, 1.54) is 5.56 Å². The van der Waals surface area contributed by atoms with Crippen molar-refractivity contribution in [3.8, 4) is 0 Å². The van der Waals surface area contributed by atoms with Crippen LogP contribution in [0.25, 0.3) is 11.6 Å². The molecule has 1 heteroatoms. The van der Waals surface area contributed by atoms with Crippen LogP contribution in [0, 0.1) is 0 Å². The minimum absolute atomic E-state index is 0. The Hall–Kier alpha value is -1.37. The number of hydrogen-bond acceptors (Lipinski definition) is 0. The van der Waals surface area contributed by atoms with Crippen LogP contribution >= 0.6 is 0 Å². The SMILES string of the molecule is C=C(C=Cc1ccccc1)c1ccccc1.[Ti+2]. The van der Waals surface area contributed by atoms with Crippen molar-refractivity contribution in [3.63, 3.8) is 0 Å². The molecule has 2 aromatic carbocycles. The zero-order chi connectivity index (χ0) is 11.2. The van der Waals surface area contributed by atoms with E-state index in [9.17, 15) is 0 Å². The van der Waals surface area contributed by atoms with Crippen molar-refractivity contribution in [2.45, 2.75) is 0 Å². The fourth-order valence-electron chi connectivity index (χ4n) is 1.51. The van der Waals surface area contributed by atoms with Crippen LogP contribution in [0.2, 0.25) is 0 Å². The Labute approximate surface area is 118 Å². The predicted octanol–water partition coefficient (Wildman–Crippen LogP) is 4.41. The van der Waals surface area contributed by atoms with Crippen LogP contribution < -0.4 is 0 Å². The molecule has 0 atom stereocenters. The van der Waals surface area contributed by atoms with E-state index in [0.29, 0.717) is 0 Å². The summed E-state index contributed by atoms with van der Waals surface area (Å²) in [5.41, 5.74) is 3.39. The largest absolute Gasteiger partial charge is 2.00 e. The van der Waals surface area contributed by atoms with Gasteiger partial charge in [-0.05, 0) is 16.7 Å². The predicted molar refractivity (Wildman–Crippen MR) is 71.0 cm³/mol. The molecule has 0 amide bonds. The van der Waals surface area contributed by atoms with Gasteiger partial charge < -0.3 is 0 Å². The molecule has 0 unspecified atom stereocenters. The van der Waals surface area contributed by atoms with E-state index in [4.69, 9.17) is 0 Å². The molecule has 0 nitrogen and oxygen atoms in total. The summed E-state index contributed by atoms with van der Waals surface area (Å²) in [6, 6.07) is 20.4. The van der Waals surface area contributed by atoms with E-state index in [2.05, 4.69) is 36.9 Å². The van der Waals surface area contributed by atoms with Gasteiger partial charge in [0.25, 0.3) is 0 Å². The second kappa shape index (κ2) is 7.06. The first-order valence-electron chi connectivity index (χ1n) is 5.34. The van der Waals surface area contributed by atoms with Crippen LogP contribution in [0.3, 0.4) is 0 Å². The molecule has 0 N–H and O–H groups in total. The Bertz CT molecular complexity index is 483. The third-order valence-corrected chi connectivity index (χ3v) is 2.42. The first kappa shape index (κ1) is 13.7. The monoisotopic (exact) mass is 254 g/mol. The molecule has 80 valence electrons. The van der Waals surface area contributed by atoms with Crippen LogP contribution in [0.4, 0.5) is 0 Å². The molecule has 0 saturated heterocycles. The Morgan fingerprint density at radius 3 is 1.94 bits per heavy atom. The van der Waals surface area contributed by atoms with Crippen LogP contribution in [0.1, 0.15) is 11.1 Å². The molecule has 0 aliphatic heterocycles. The average molecular weight is 254 g/mol. The maximum atomic E-state index is 4.05. The Morgan fingerprint density at radius 1 is 0.824 bits per heavy atom. The average Bonchev–Trinajstić information content (AvgIpc) is 2.38. The fourth-order valence-corrected chi connectivity index (χ4v) is 1.51. The minimum atomic E-state index is 0. The molecule has 0 saturated carbocycles. The van der Waals surface area contributed by atoms with E-state index in [1.54, 1.807) is 0 Å². The number of hydrogen-bond donors (Lipinski definition) is 0. The molecule has 0 aromatic heterocycles. The van der Waals surface area contributed by atoms with Crippen molar-refractivity contribution in [1.29, 1.82) is 0 Å². The van der Waals surface area contributed by atoms with Gasteiger partial charge in [-0.15, -0.1) is 0 Å². The quantitative estimate of drug-likeness (QED) is 0.562. The number of benzene rings is 2. The zero-order valence-electron chi connectivity index (χ0n) is 9.64. The topological polar surface area (TPSA) is 0 Å². The van der Waals surface area contributed by atoms with Crippen molar-refractivity contribution in [2.75, 3.05) is 0 Å². The smallest absolute Gasteiger partial charge is 0.0912 e. The van der Waals surface area contributed by atoms with Crippen LogP contribution in [-0.2, 0) is 21.7 Å². The van der Waals surface area contributed by atoms with Gasteiger partial charge in [-0.2, -0.15) is 0 Å². The van der Waals surface area contributed by atoms with Gasteiger partial charge in [0.1, 0.15) is 0 Å². The number of rotatable bonds is 3. The molecule has 0 bridgehead atoms. The summed E-state index contributed by atoms with van der Waals surface area (Å²) in [6.07, 6.45) is 4.12. The molecular weight excluding hydrogens is 240 g/mol. The third kappa shape index (κ3) is 4.18. The molecule has 0 aliphatic rings. The van der Waals surface area contributed by atoms with Crippen molar-refractivity contribution >= 4 is 11.6 Å². The maximum Gasteiger partial charge on any atom is 2.00 e. The molecule has 0 aliphatic carbocycles. The van der Waals surface area contributed by atoms with Gasteiger partial charge >= 0.3 is 21.7 Å². The maximum absolute atomic E-state index is 4.05. The van der Waals surface area contributed by atoms with E-state index in [-0.39, 0.29) is 21.7 Å². The normalized spacial score (nSPS) is 9.88. The van der Waals surface area contributed by atoms with Gasteiger partial charge in [0.2, 0.25) is 0 Å². The Balaban J connectivity index is 0.00000144. The molecule has 2 rings (SSSR count). The third-order valence-electron chi connectivity index (χ3n) is 2.42. The van der Waals surface area contributed by atoms with E-state index >= 15 is 0 Å². The first-order valence-corrected chi connectivity index (χ1v) is 5.34. The molecule has 17 heavy (non-hydrogen) atoms. The number of allylic oxidation sites excluding steroid dienone is 2.